The second-order valence-electron chi connectivity index (χ2n) is 5.15. The van der Waals surface area contributed by atoms with Crippen LogP contribution in [0.5, 0.6) is 5.75 Å². The smallest absolute Gasteiger partial charge is 0.229 e. The number of ether oxygens (including phenoxy) is 1. The molecule has 0 aliphatic carbocycles. The fourth-order valence-corrected chi connectivity index (χ4v) is 2.87. The lowest BCUT2D eigenvalue weighted by atomic mass is 10.2. The van der Waals surface area contributed by atoms with Crippen molar-refractivity contribution in [2.75, 3.05) is 11.8 Å². The van der Waals surface area contributed by atoms with Gasteiger partial charge < -0.3 is 13.9 Å². The second kappa shape index (κ2) is 6.82. The monoisotopic (exact) mass is 350 g/mol. The molecule has 0 atom stereocenters. The van der Waals surface area contributed by atoms with Crippen molar-refractivity contribution in [2.45, 2.75) is 4.90 Å². The van der Waals surface area contributed by atoms with E-state index in [9.17, 15) is 0 Å². The third-order valence-electron chi connectivity index (χ3n) is 3.50. The van der Waals surface area contributed by atoms with E-state index >= 15 is 0 Å². The fraction of sp³-hybridized carbons (Fsp3) is 0.0556. The summed E-state index contributed by atoms with van der Waals surface area (Å²) >= 11 is 1.47. The van der Waals surface area contributed by atoms with Gasteiger partial charge in [-0.2, -0.15) is 4.98 Å². The fourth-order valence-electron chi connectivity index (χ4n) is 2.27. The van der Waals surface area contributed by atoms with E-state index < -0.39 is 0 Å². The molecule has 0 aliphatic heterocycles. The first kappa shape index (κ1) is 15.5. The zero-order chi connectivity index (χ0) is 17.1. The molecule has 7 heteroatoms. The van der Waals surface area contributed by atoms with Crippen LogP contribution in [-0.4, -0.2) is 22.1 Å². The van der Waals surface area contributed by atoms with E-state index in [4.69, 9.17) is 9.15 Å². The lowest BCUT2D eigenvalue weighted by Gasteiger charge is -2.06. The third-order valence-corrected chi connectivity index (χ3v) is 4.32. The van der Waals surface area contributed by atoms with Crippen LogP contribution in [0.15, 0.2) is 70.2 Å². The molecule has 0 fully saturated rings. The topological polar surface area (TPSA) is 73.1 Å². The molecule has 0 aliphatic rings. The largest absolute Gasteiger partial charge is 0.497 e. The molecular formula is C18H14N4O2S. The number of fused-ring (bicyclic) bond motifs is 1. The molecule has 0 saturated heterocycles. The van der Waals surface area contributed by atoms with E-state index in [0.717, 1.165) is 16.2 Å². The minimum absolute atomic E-state index is 0.522. The minimum atomic E-state index is 0.522. The molecule has 0 radical (unpaired) electrons. The SMILES string of the molecule is COc1ccc(SNc2cc(-c3nc4ncccc4o3)ccn2)cc1. The molecule has 0 bridgehead atoms. The number of oxazole rings is 1. The summed E-state index contributed by atoms with van der Waals surface area (Å²) < 4.78 is 14.1. The molecule has 0 amide bonds. The Morgan fingerprint density at radius 3 is 2.72 bits per heavy atom. The van der Waals surface area contributed by atoms with Gasteiger partial charge in [0.05, 0.1) is 7.11 Å². The van der Waals surface area contributed by atoms with Gasteiger partial charge in [-0.15, -0.1) is 0 Å². The van der Waals surface area contributed by atoms with Crippen LogP contribution in [0.2, 0.25) is 0 Å². The van der Waals surface area contributed by atoms with Crippen molar-refractivity contribution in [3.05, 3.63) is 60.9 Å². The van der Waals surface area contributed by atoms with Crippen molar-refractivity contribution in [2.24, 2.45) is 0 Å². The van der Waals surface area contributed by atoms with Gasteiger partial charge in [-0.1, -0.05) is 0 Å². The average Bonchev–Trinajstić information content (AvgIpc) is 3.11. The Balaban J connectivity index is 1.52. The number of aromatic nitrogens is 3. The normalized spacial score (nSPS) is 10.8. The number of methoxy groups -OCH3 is 1. The Kier molecular flexibility index (Phi) is 4.22. The van der Waals surface area contributed by atoms with Crippen LogP contribution >= 0.6 is 11.9 Å². The van der Waals surface area contributed by atoms with Crippen molar-refractivity contribution in [3.63, 3.8) is 0 Å². The quantitative estimate of drug-likeness (QED) is 0.534. The molecule has 1 N–H and O–H groups in total. The molecule has 4 rings (SSSR count). The van der Waals surface area contributed by atoms with E-state index in [2.05, 4.69) is 19.7 Å². The van der Waals surface area contributed by atoms with E-state index in [-0.39, 0.29) is 0 Å². The standard InChI is InChI=1S/C18H14N4O2S/c1-23-13-4-6-14(7-5-13)25-22-16-11-12(8-10-19-16)18-21-17-15(24-18)3-2-9-20-17/h2-11H,1H3,(H,19,22). The number of pyridine rings is 2. The number of hydrogen-bond donors (Lipinski definition) is 1. The number of hydrogen-bond acceptors (Lipinski definition) is 7. The van der Waals surface area contributed by atoms with Crippen LogP contribution < -0.4 is 9.46 Å². The summed E-state index contributed by atoms with van der Waals surface area (Å²) in [4.78, 5) is 14.0. The van der Waals surface area contributed by atoms with Gasteiger partial charge in [-0.25, -0.2) is 9.97 Å². The van der Waals surface area contributed by atoms with E-state index in [1.165, 1.54) is 11.9 Å². The van der Waals surface area contributed by atoms with Crippen molar-refractivity contribution in [1.29, 1.82) is 0 Å². The molecule has 3 aromatic heterocycles. The summed E-state index contributed by atoms with van der Waals surface area (Å²) in [5, 5.41) is 0. The van der Waals surface area contributed by atoms with E-state index in [1.807, 2.05) is 48.5 Å². The van der Waals surface area contributed by atoms with Gasteiger partial charge in [-0.05, 0) is 60.5 Å². The van der Waals surface area contributed by atoms with Crippen molar-refractivity contribution >= 4 is 29.0 Å². The van der Waals surface area contributed by atoms with Crippen molar-refractivity contribution in [3.8, 4) is 17.2 Å². The highest BCUT2D eigenvalue weighted by atomic mass is 32.2. The Morgan fingerprint density at radius 2 is 1.92 bits per heavy atom. The van der Waals surface area contributed by atoms with Gasteiger partial charge in [0.2, 0.25) is 5.89 Å². The Labute approximate surface area is 148 Å². The molecule has 1 aromatic carbocycles. The Bertz CT molecular complexity index is 968. The summed E-state index contributed by atoms with van der Waals surface area (Å²) in [6.07, 6.45) is 3.41. The summed E-state index contributed by atoms with van der Waals surface area (Å²) in [6, 6.07) is 15.2. The number of rotatable bonds is 5. The third kappa shape index (κ3) is 3.41. The predicted octanol–water partition coefficient (Wildman–Crippen LogP) is 4.41. The van der Waals surface area contributed by atoms with Crippen LogP contribution in [0.4, 0.5) is 5.82 Å². The van der Waals surface area contributed by atoms with Crippen molar-refractivity contribution in [1.82, 2.24) is 15.0 Å². The number of nitrogens with one attached hydrogen (secondary N) is 1. The van der Waals surface area contributed by atoms with Gasteiger partial charge in [0, 0.05) is 22.9 Å². The maximum Gasteiger partial charge on any atom is 0.229 e. The average molecular weight is 350 g/mol. The van der Waals surface area contributed by atoms with E-state index in [1.54, 1.807) is 19.5 Å². The van der Waals surface area contributed by atoms with Crippen LogP contribution in [0.3, 0.4) is 0 Å². The van der Waals surface area contributed by atoms with Gasteiger partial charge in [0.25, 0.3) is 0 Å². The number of anilines is 1. The summed E-state index contributed by atoms with van der Waals surface area (Å²) in [5.41, 5.74) is 2.10. The summed E-state index contributed by atoms with van der Waals surface area (Å²) in [7, 11) is 1.65. The molecule has 4 aromatic rings. The molecule has 0 spiro atoms. The van der Waals surface area contributed by atoms with Crippen molar-refractivity contribution < 1.29 is 9.15 Å². The molecular weight excluding hydrogens is 336 g/mol. The highest BCUT2D eigenvalue weighted by Gasteiger charge is 2.09. The lowest BCUT2D eigenvalue weighted by molar-refractivity contribution is 0.414. The highest BCUT2D eigenvalue weighted by molar-refractivity contribution is 8.00. The predicted molar refractivity (Wildman–Crippen MR) is 97.5 cm³/mol. The van der Waals surface area contributed by atoms with Gasteiger partial charge >= 0.3 is 0 Å². The number of benzene rings is 1. The van der Waals surface area contributed by atoms with Crippen LogP contribution in [-0.2, 0) is 0 Å². The van der Waals surface area contributed by atoms with Crippen LogP contribution in [0.25, 0.3) is 22.7 Å². The van der Waals surface area contributed by atoms with Gasteiger partial charge in [-0.3, -0.25) is 0 Å². The Hall–Kier alpha value is -3.06. The highest BCUT2D eigenvalue weighted by Crippen LogP contribution is 2.27. The summed E-state index contributed by atoms with van der Waals surface area (Å²) in [5.74, 6) is 2.07. The molecule has 0 unspecified atom stereocenters. The van der Waals surface area contributed by atoms with Gasteiger partial charge in [0.15, 0.2) is 11.2 Å². The molecule has 0 saturated carbocycles. The van der Waals surface area contributed by atoms with Crippen LogP contribution in [0, 0.1) is 0 Å². The van der Waals surface area contributed by atoms with Crippen LogP contribution in [0.1, 0.15) is 0 Å². The minimum Gasteiger partial charge on any atom is -0.497 e. The zero-order valence-electron chi connectivity index (χ0n) is 13.3. The molecule has 3 heterocycles. The first-order valence-electron chi connectivity index (χ1n) is 7.57. The molecule has 6 nitrogen and oxygen atoms in total. The maximum absolute atomic E-state index is 5.75. The first-order valence-corrected chi connectivity index (χ1v) is 8.38. The molecule has 124 valence electrons. The second-order valence-corrected chi connectivity index (χ2v) is 6.03. The summed E-state index contributed by atoms with van der Waals surface area (Å²) in [6.45, 7) is 0. The Morgan fingerprint density at radius 1 is 1.04 bits per heavy atom. The van der Waals surface area contributed by atoms with Gasteiger partial charge in [0.1, 0.15) is 11.6 Å². The zero-order valence-corrected chi connectivity index (χ0v) is 14.2. The lowest BCUT2D eigenvalue weighted by Crippen LogP contribution is -1.91. The van der Waals surface area contributed by atoms with E-state index in [0.29, 0.717) is 22.9 Å². The number of nitrogens with zero attached hydrogens (tertiary/aromatic N) is 3. The first-order chi connectivity index (χ1) is 12.3. The molecule has 25 heavy (non-hydrogen) atoms. The maximum atomic E-state index is 5.75.